The zero-order valence-electron chi connectivity index (χ0n) is 16.2. The fraction of sp³-hybridized carbons (Fsp3) is 0.231. The lowest BCUT2D eigenvalue weighted by atomic mass is 10.0. The third-order valence-corrected chi connectivity index (χ3v) is 5.98. The van der Waals surface area contributed by atoms with Crippen molar-refractivity contribution in [1.29, 1.82) is 0 Å². The molecule has 0 N–H and O–H groups in total. The number of hydrogen-bond acceptors (Lipinski definition) is 1. The van der Waals surface area contributed by atoms with Crippen LogP contribution >= 0.6 is 0 Å². The molecule has 0 atom stereocenters. The topological polar surface area (TPSA) is 8.17 Å². The van der Waals surface area contributed by atoms with Crippen molar-refractivity contribution in [3.05, 3.63) is 107 Å². The fourth-order valence-electron chi connectivity index (χ4n) is 4.53. The van der Waals surface area contributed by atoms with Gasteiger partial charge in [-0.15, -0.1) is 0 Å². The number of fused-ring (bicyclic) bond motifs is 3. The summed E-state index contributed by atoms with van der Waals surface area (Å²) in [6.07, 6.45) is 2.25. The average Bonchev–Trinajstić information content (AvgIpc) is 3.07. The van der Waals surface area contributed by atoms with Crippen LogP contribution in [0.4, 0.5) is 0 Å². The van der Waals surface area contributed by atoms with E-state index in [-0.39, 0.29) is 0 Å². The highest BCUT2D eigenvalue weighted by Gasteiger charge is 2.23. The van der Waals surface area contributed by atoms with Gasteiger partial charge in [0.05, 0.1) is 0 Å². The predicted molar refractivity (Wildman–Crippen MR) is 117 cm³/mol. The summed E-state index contributed by atoms with van der Waals surface area (Å²) < 4.78 is 2.55. The number of nitrogens with zero attached hydrogens (tertiary/aromatic N) is 2. The number of aromatic nitrogens is 1. The molecule has 5 rings (SSSR count). The molecule has 0 bridgehead atoms. The summed E-state index contributed by atoms with van der Waals surface area (Å²) in [6, 6.07) is 30.6. The van der Waals surface area contributed by atoms with E-state index in [4.69, 9.17) is 0 Å². The minimum absolute atomic E-state index is 0.959. The van der Waals surface area contributed by atoms with Crippen LogP contribution in [-0.4, -0.2) is 22.6 Å². The van der Waals surface area contributed by atoms with E-state index in [0.717, 1.165) is 39.0 Å². The molecular weight excluding hydrogens is 340 g/mol. The average molecular weight is 367 g/mol. The monoisotopic (exact) mass is 366 g/mol. The van der Waals surface area contributed by atoms with E-state index < -0.39 is 0 Å². The molecule has 3 aromatic carbocycles. The lowest BCUT2D eigenvalue weighted by Gasteiger charge is -2.28. The Labute approximate surface area is 167 Å². The van der Waals surface area contributed by atoms with Gasteiger partial charge in [0.25, 0.3) is 0 Å². The second-order valence-corrected chi connectivity index (χ2v) is 7.78. The largest absolute Gasteiger partial charge is 0.340 e. The second-order valence-electron chi connectivity index (χ2n) is 7.78. The normalized spacial score (nSPS) is 14.3. The van der Waals surface area contributed by atoms with Gasteiger partial charge in [-0.25, -0.2) is 0 Å². The van der Waals surface area contributed by atoms with Gasteiger partial charge in [0, 0.05) is 49.2 Å². The quantitative estimate of drug-likeness (QED) is 0.466. The predicted octanol–water partition coefficient (Wildman–Crippen LogP) is 5.29. The van der Waals surface area contributed by atoms with E-state index in [2.05, 4.69) is 94.4 Å². The number of benzene rings is 3. The van der Waals surface area contributed by atoms with E-state index >= 15 is 0 Å². The van der Waals surface area contributed by atoms with Crippen molar-refractivity contribution >= 4 is 10.9 Å². The van der Waals surface area contributed by atoms with Crippen molar-refractivity contribution in [3.8, 4) is 0 Å². The molecule has 28 heavy (non-hydrogen) atoms. The summed E-state index contributed by atoms with van der Waals surface area (Å²) in [5, 5.41) is 1.43. The Morgan fingerprint density at radius 1 is 0.714 bits per heavy atom. The third kappa shape index (κ3) is 3.36. The van der Waals surface area contributed by atoms with Gasteiger partial charge in [0.2, 0.25) is 0 Å². The Kier molecular flexibility index (Phi) is 4.72. The molecule has 1 aliphatic heterocycles. The number of para-hydroxylation sites is 1. The fourth-order valence-corrected chi connectivity index (χ4v) is 4.53. The van der Waals surface area contributed by atoms with Crippen LogP contribution in [0, 0.1) is 0 Å². The molecule has 0 spiro atoms. The van der Waals surface area contributed by atoms with Crippen LogP contribution < -0.4 is 0 Å². The first-order valence-corrected chi connectivity index (χ1v) is 10.3. The first-order valence-electron chi connectivity index (χ1n) is 10.3. The van der Waals surface area contributed by atoms with Crippen molar-refractivity contribution in [2.75, 3.05) is 13.1 Å². The van der Waals surface area contributed by atoms with Crippen molar-refractivity contribution < 1.29 is 0 Å². The molecule has 2 heterocycles. The summed E-state index contributed by atoms with van der Waals surface area (Å²) in [4.78, 5) is 2.62. The molecule has 2 heteroatoms. The summed E-state index contributed by atoms with van der Waals surface area (Å²) in [5.74, 6) is 0. The van der Waals surface area contributed by atoms with Crippen LogP contribution in [0.15, 0.2) is 84.9 Å². The van der Waals surface area contributed by atoms with E-state index in [1.54, 1.807) is 0 Å². The Morgan fingerprint density at radius 2 is 1.39 bits per heavy atom. The maximum atomic E-state index is 2.62. The highest BCUT2D eigenvalue weighted by atomic mass is 15.1. The first-order chi connectivity index (χ1) is 13.9. The molecule has 0 aliphatic carbocycles. The minimum Gasteiger partial charge on any atom is -0.340 e. The summed E-state index contributed by atoms with van der Waals surface area (Å²) in [5.41, 5.74) is 7.24. The van der Waals surface area contributed by atoms with Gasteiger partial charge in [0.15, 0.2) is 0 Å². The van der Waals surface area contributed by atoms with Crippen LogP contribution in [0.3, 0.4) is 0 Å². The van der Waals surface area contributed by atoms with E-state index in [1.807, 2.05) is 0 Å². The van der Waals surface area contributed by atoms with Gasteiger partial charge >= 0.3 is 0 Å². The Balaban J connectivity index is 1.43. The van der Waals surface area contributed by atoms with Gasteiger partial charge in [0.1, 0.15) is 0 Å². The summed E-state index contributed by atoms with van der Waals surface area (Å²) >= 11 is 0. The van der Waals surface area contributed by atoms with Crippen molar-refractivity contribution in [1.82, 2.24) is 9.47 Å². The Bertz CT molecular complexity index is 1060. The zero-order chi connectivity index (χ0) is 18.8. The van der Waals surface area contributed by atoms with E-state index in [9.17, 15) is 0 Å². The standard InChI is InChI=1S/C26H26N2/c1-3-9-21(10-4-1)15-17-27-18-16-26-24(20-27)23-13-7-8-14-25(23)28(26)19-22-11-5-2-6-12-22/h1-14H,15-20H2. The van der Waals surface area contributed by atoms with E-state index in [1.165, 1.54) is 33.3 Å². The van der Waals surface area contributed by atoms with Gasteiger partial charge in [-0.1, -0.05) is 78.9 Å². The second kappa shape index (κ2) is 7.65. The molecule has 2 nitrogen and oxygen atoms in total. The third-order valence-electron chi connectivity index (χ3n) is 5.98. The molecule has 1 aliphatic rings. The molecule has 0 radical (unpaired) electrons. The highest BCUT2D eigenvalue weighted by molar-refractivity contribution is 5.86. The van der Waals surface area contributed by atoms with Crippen molar-refractivity contribution in [3.63, 3.8) is 0 Å². The van der Waals surface area contributed by atoms with Crippen LogP contribution in [0.5, 0.6) is 0 Å². The lowest BCUT2D eigenvalue weighted by Crippen LogP contribution is -2.32. The first kappa shape index (κ1) is 17.3. The molecule has 0 unspecified atom stereocenters. The minimum atomic E-state index is 0.959. The number of rotatable bonds is 5. The van der Waals surface area contributed by atoms with Gasteiger partial charge in [-0.2, -0.15) is 0 Å². The Hall–Kier alpha value is -2.84. The van der Waals surface area contributed by atoms with Crippen molar-refractivity contribution in [2.45, 2.75) is 25.9 Å². The van der Waals surface area contributed by atoms with Crippen LogP contribution in [0.25, 0.3) is 10.9 Å². The molecule has 0 saturated carbocycles. The molecule has 0 amide bonds. The highest BCUT2D eigenvalue weighted by Crippen LogP contribution is 2.31. The zero-order valence-corrected chi connectivity index (χ0v) is 16.2. The van der Waals surface area contributed by atoms with Gasteiger partial charge in [-0.05, 0) is 29.2 Å². The van der Waals surface area contributed by atoms with Crippen LogP contribution in [0.1, 0.15) is 22.4 Å². The molecular formula is C26H26N2. The molecule has 4 aromatic rings. The summed E-state index contributed by atoms with van der Waals surface area (Å²) in [6.45, 7) is 4.29. The molecule has 0 saturated heterocycles. The lowest BCUT2D eigenvalue weighted by molar-refractivity contribution is 0.255. The SMILES string of the molecule is c1ccc(CCN2CCc3c(c4ccccc4n3Cc3ccccc3)C2)cc1. The van der Waals surface area contributed by atoms with Crippen molar-refractivity contribution in [2.24, 2.45) is 0 Å². The van der Waals surface area contributed by atoms with Crippen LogP contribution in [0.2, 0.25) is 0 Å². The smallest absolute Gasteiger partial charge is 0.0489 e. The number of hydrogen-bond donors (Lipinski definition) is 0. The molecule has 140 valence electrons. The maximum Gasteiger partial charge on any atom is 0.0489 e. The maximum absolute atomic E-state index is 2.62. The van der Waals surface area contributed by atoms with E-state index in [0.29, 0.717) is 0 Å². The summed E-state index contributed by atoms with van der Waals surface area (Å²) in [7, 11) is 0. The van der Waals surface area contributed by atoms with Gasteiger partial charge < -0.3 is 4.57 Å². The Morgan fingerprint density at radius 3 is 2.18 bits per heavy atom. The molecule has 1 aromatic heterocycles. The molecule has 0 fully saturated rings. The van der Waals surface area contributed by atoms with Gasteiger partial charge in [-0.3, -0.25) is 4.90 Å². The van der Waals surface area contributed by atoms with Crippen LogP contribution in [-0.2, 0) is 25.9 Å².